The second-order valence-electron chi connectivity index (χ2n) is 6.98. The predicted molar refractivity (Wildman–Crippen MR) is 97.1 cm³/mol. The van der Waals surface area contributed by atoms with Crippen molar-refractivity contribution in [1.82, 2.24) is 0 Å². The van der Waals surface area contributed by atoms with Crippen molar-refractivity contribution in [2.45, 2.75) is 46.0 Å². The molecule has 1 aliphatic carbocycles. The lowest BCUT2D eigenvalue weighted by atomic mass is 9.71. The van der Waals surface area contributed by atoms with Crippen molar-refractivity contribution in [3.63, 3.8) is 0 Å². The zero-order chi connectivity index (χ0) is 17.6. The van der Waals surface area contributed by atoms with Gasteiger partial charge in [-0.1, -0.05) is 20.8 Å². The Morgan fingerprint density at radius 1 is 1.50 bits per heavy atom. The van der Waals surface area contributed by atoms with E-state index in [-0.39, 0.29) is 17.1 Å². The third-order valence-corrected chi connectivity index (χ3v) is 6.77. The van der Waals surface area contributed by atoms with Gasteiger partial charge in [0.2, 0.25) is 5.88 Å². The van der Waals surface area contributed by atoms with Gasteiger partial charge in [-0.25, -0.2) is 0 Å². The average molecular weight is 407 g/mol. The van der Waals surface area contributed by atoms with Gasteiger partial charge in [-0.2, -0.15) is 5.26 Å². The van der Waals surface area contributed by atoms with Crippen LogP contribution < -0.4 is 5.73 Å². The molecule has 0 spiro atoms. The van der Waals surface area contributed by atoms with E-state index < -0.39 is 5.92 Å². The van der Waals surface area contributed by atoms with Crippen LogP contribution in [0.3, 0.4) is 0 Å². The highest BCUT2D eigenvalue weighted by atomic mass is 79.9. The van der Waals surface area contributed by atoms with Gasteiger partial charge in [0.15, 0.2) is 5.78 Å². The van der Waals surface area contributed by atoms with Crippen LogP contribution in [-0.2, 0) is 16.0 Å². The highest BCUT2D eigenvalue weighted by Gasteiger charge is 2.43. The number of nitrogens with zero attached hydrogens (tertiary/aromatic N) is 1. The molecule has 0 saturated carbocycles. The molecule has 1 aromatic heterocycles. The summed E-state index contributed by atoms with van der Waals surface area (Å²) in [5.41, 5.74) is 6.80. The zero-order valence-corrected chi connectivity index (χ0v) is 16.3. The number of halogens is 1. The molecule has 24 heavy (non-hydrogen) atoms. The first kappa shape index (κ1) is 17.2. The Bertz CT molecular complexity index is 827. The topological polar surface area (TPSA) is 76.1 Å². The SMILES string of the molecule is CCc1sc([C@@H]2C(C#N)=C(N)OC3=C2C(=O)CC(C)(C)C3)cc1Br. The number of ketones is 1. The van der Waals surface area contributed by atoms with Gasteiger partial charge in [-0.15, -0.1) is 11.3 Å². The molecule has 0 fully saturated rings. The summed E-state index contributed by atoms with van der Waals surface area (Å²) < 4.78 is 6.71. The lowest BCUT2D eigenvalue weighted by molar-refractivity contribution is -0.119. The molecular formula is C18H19BrN2O2S. The summed E-state index contributed by atoms with van der Waals surface area (Å²) in [4.78, 5) is 15.0. The van der Waals surface area contributed by atoms with Crippen LogP contribution in [0.25, 0.3) is 0 Å². The van der Waals surface area contributed by atoms with Crippen molar-refractivity contribution in [2.24, 2.45) is 11.1 Å². The van der Waals surface area contributed by atoms with Crippen LogP contribution in [0.15, 0.2) is 33.3 Å². The molecule has 0 unspecified atom stereocenters. The zero-order valence-electron chi connectivity index (χ0n) is 13.9. The number of carbonyl (C=O) groups excluding carboxylic acids is 1. The van der Waals surface area contributed by atoms with Crippen LogP contribution in [0.2, 0.25) is 0 Å². The van der Waals surface area contributed by atoms with Gasteiger partial charge in [0.05, 0.1) is 5.92 Å². The summed E-state index contributed by atoms with van der Waals surface area (Å²) in [5, 5.41) is 9.60. The number of nitrogens with two attached hydrogens (primary N) is 1. The lowest BCUT2D eigenvalue weighted by Crippen LogP contribution is -2.33. The number of allylic oxidation sites excluding steroid dienone is 3. The highest BCUT2D eigenvalue weighted by molar-refractivity contribution is 9.10. The highest BCUT2D eigenvalue weighted by Crippen LogP contribution is 2.49. The van der Waals surface area contributed by atoms with Gasteiger partial charge in [0.25, 0.3) is 0 Å². The minimum atomic E-state index is -0.413. The van der Waals surface area contributed by atoms with E-state index in [1.54, 1.807) is 11.3 Å². The molecule has 0 bridgehead atoms. The molecule has 0 aromatic carbocycles. The molecule has 6 heteroatoms. The van der Waals surface area contributed by atoms with E-state index in [0.717, 1.165) is 15.8 Å². The first-order valence-electron chi connectivity index (χ1n) is 7.89. The van der Waals surface area contributed by atoms with Gasteiger partial charge in [-0.05, 0) is 33.8 Å². The second-order valence-corrected chi connectivity index (χ2v) is 9.00. The maximum absolute atomic E-state index is 12.8. The first-order valence-corrected chi connectivity index (χ1v) is 9.50. The second kappa shape index (κ2) is 6.05. The fourth-order valence-electron chi connectivity index (χ4n) is 3.38. The van der Waals surface area contributed by atoms with E-state index in [1.165, 1.54) is 4.88 Å². The number of carbonyl (C=O) groups is 1. The van der Waals surface area contributed by atoms with Crippen molar-refractivity contribution >= 4 is 33.0 Å². The van der Waals surface area contributed by atoms with Crippen molar-refractivity contribution in [3.8, 4) is 6.07 Å². The molecule has 0 radical (unpaired) electrons. The van der Waals surface area contributed by atoms with E-state index in [2.05, 4.69) is 28.9 Å². The Hall–Kier alpha value is -1.58. The third-order valence-electron chi connectivity index (χ3n) is 4.46. The number of Topliss-reactive ketones (excluding diaryl/α,β-unsaturated/α-hetero) is 1. The van der Waals surface area contributed by atoms with E-state index in [4.69, 9.17) is 10.5 Å². The Labute approximate surface area is 154 Å². The van der Waals surface area contributed by atoms with Crippen molar-refractivity contribution in [3.05, 3.63) is 43.1 Å². The molecule has 1 aliphatic heterocycles. The summed E-state index contributed by atoms with van der Waals surface area (Å²) in [6, 6.07) is 4.16. The molecule has 2 aliphatic rings. The molecule has 126 valence electrons. The number of thiophene rings is 1. The molecule has 2 heterocycles. The quantitative estimate of drug-likeness (QED) is 0.782. The summed E-state index contributed by atoms with van der Waals surface area (Å²) in [6.07, 6.45) is 2.00. The maximum atomic E-state index is 12.8. The number of nitriles is 1. The van der Waals surface area contributed by atoms with E-state index >= 15 is 0 Å². The minimum Gasteiger partial charge on any atom is -0.444 e. The van der Waals surface area contributed by atoms with Crippen LogP contribution in [-0.4, -0.2) is 5.78 Å². The van der Waals surface area contributed by atoms with Crippen LogP contribution in [0.1, 0.15) is 49.3 Å². The third kappa shape index (κ3) is 2.80. The van der Waals surface area contributed by atoms with E-state index in [0.29, 0.717) is 29.7 Å². The summed E-state index contributed by atoms with van der Waals surface area (Å²) in [6.45, 7) is 6.17. The van der Waals surface area contributed by atoms with E-state index in [1.807, 2.05) is 19.9 Å². The smallest absolute Gasteiger partial charge is 0.205 e. The first-order chi connectivity index (χ1) is 11.3. The van der Waals surface area contributed by atoms with Crippen LogP contribution in [0.5, 0.6) is 0 Å². The van der Waals surface area contributed by atoms with Crippen molar-refractivity contribution in [1.29, 1.82) is 5.26 Å². The summed E-state index contributed by atoms with van der Waals surface area (Å²) >= 11 is 5.19. The Kier molecular flexibility index (Phi) is 4.35. The maximum Gasteiger partial charge on any atom is 0.205 e. The molecule has 1 aromatic rings. The monoisotopic (exact) mass is 406 g/mol. The van der Waals surface area contributed by atoms with Crippen LogP contribution in [0.4, 0.5) is 0 Å². The van der Waals surface area contributed by atoms with Crippen molar-refractivity contribution in [2.75, 3.05) is 0 Å². The van der Waals surface area contributed by atoms with Gasteiger partial charge < -0.3 is 10.5 Å². The lowest BCUT2D eigenvalue weighted by Gasteiger charge is -2.36. The number of aryl methyl sites for hydroxylation is 1. The molecule has 0 amide bonds. The number of hydrogen-bond acceptors (Lipinski definition) is 5. The Morgan fingerprint density at radius 2 is 2.21 bits per heavy atom. The van der Waals surface area contributed by atoms with Gasteiger partial charge in [-0.3, -0.25) is 4.79 Å². The van der Waals surface area contributed by atoms with Crippen molar-refractivity contribution < 1.29 is 9.53 Å². The molecular weight excluding hydrogens is 388 g/mol. The fraction of sp³-hybridized carbons (Fsp3) is 0.444. The van der Waals surface area contributed by atoms with Crippen LogP contribution >= 0.6 is 27.3 Å². The molecule has 1 atom stereocenters. The molecule has 2 N–H and O–H groups in total. The Balaban J connectivity index is 2.18. The molecule has 0 saturated heterocycles. The largest absolute Gasteiger partial charge is 0.444 e. The van der Waals surface area contributed by atoms with Gasteiger partial charge in [0.1, 0.15) is 17.4 Å². The van der Waals surface area contributed by atoms with Gasteiger partial charge in [0, 0.05) is 32.6 Å². The number of rotatable bonds is 2. The fourth-order valence-corrected chi connectivity index (χ4v) is 5.42. The van der Waals surface area contributed by atoms with Crippen LogP contribution in [0, 0.1) is 16.7 Å². The minimum absolute atomic E-state index is 0.0501. The normalized spacial score (nSPS) is 23.0. The summed E-state index contributed by atoms with van der Waals surface area (Å²) in [5.74, 6) is 0.382. The Morgan fingerprint density at radius 3 is 2.79 bits per heavy atom. The average Bonchev–Trinajstić information content (AvgIpc) is 2.85. The molecule has 3 rings (SSSR count). The van der Waals surface area contributed by atoms with Gasteiger partial charge >= 0.3 is 0 Å². The standard InChI is InChI=1S/C18H19BrN2O2S/c1-4-13-10(19)5-14(24-13)15-9(8-20)17(21)23-12-7-18(2,3)6-11(22)16(12)15/h5,15H,4,6-7,21H2,1-3H3/t15-/m0/s1. The predicted octanol–water partition coefficient (Wildman–Crippen LogP) is 4.52. The number of ether oxygens (including phenoxy) is 1. The molecule has 4 nitrogen and oxygen atoms in total. The summed E-state index contributed by atoms with van der Waals surface area (Å²) in [7, 11) is 0. The number of hydrogen-bond donors (Lipinski definition) is 1. The van der Waals surface area contributed by atoms with E-state index in [9.17, 15) is 10.1 Å².